The van der Waals surface area contributed by atoms with E-state index in [1.54, 1.807) is 12.1 Å². The van der Waals surface area contributed by atoms with Crippen molar-refractivity contribution in [2.24, 2.45) is 0 Å². The van der Waals surface area contributed by atoms with E-state index in [2.05, 4.69) is 17.1 Å². The zero-order valence-corrected chi connectivity index (χ0v) is 12.1. The van der Waals surface area contributed by atoms with Crippen molar-refractivity contribution >= 4 is 17.3 Å². The summed E-state index contributed by atoms with van der Waals surface area (Å²) >= 11 is 0. The standard InChI is InChI=1S/C15H25N3O/c1-4-5-6-10-18(3)12(2)15(19)17-14-9-7-8-13(16)11-14/h7-9,11-12H,4-6,10,16H2,1-3H3,(H,17,19). The Morgan fingerprint density at radius 2 is 2.16 bits per heavy atom. The summed E-state index contributed by atoms with van der Waals surface area (Å²) in [5.74, 6) is 0.00426. The van der Waals surface area contributed by atoms with Gasteiger partial charge in [0.15, 0.2) is 0 Å². The molecule has 0 aliphatic rings. The van der Waals surface area contributed by atoms with E-state index in [0.717, 1.165) is 18.7 Å². The van der Waals surface area contributed by atoms with Crippen LogP contribution >= 0.6 is 0 Å². The summed E-state index contributed by atoms with van der Waals surface area (Å²) in [5, 5.41) is 2.89. The van der Waals surface area contributed by atoms with Crippen molar-refractivity contribution in [1.29, 1.82) is 0 Å². The number of unbranched alkanes of at least 4 members (excludes halogenated alkanes) is 2. The van der Waals surface area contributed by atoms with Crippen molar-refractivity contribution in [3.8, 4) is 0 Å². The first-order valence-corrected chi connectivity index (χ1v) is 6.91. The number of carbonyl (C=O) groups is 1. The zero-order chi connectivity index (χ0) is 14.3. The Morgan fingerprint density at radius 1 is 1.42 bits per heavy atom. The Hall–Kier alpha value is -1.55. The van der Waals surface area contributed by atoms with Gasteiger partial charge >= 0.3 is 0 Å². The van der Waals surface area contributed by atoms with E-state index in [9.17, 15) is 4.79 Å². The van der Waals surface area contributed by atoms with Gasteiger partial charge in [0.1, 0.15) is 0 Å². The lowest BCUT2D eigenvalue weighted by Crippen LogP contribution is -2.40. The molecule has 1 aromatic carbocycles. The number of nitrogen functional groups attached to an aromatic ring is 1. The monoisotopic (exact) mass is 263 g/mol. The first-order chi connectivity index (χ1) is 9.04. The maximum atomic E-state index is 12.1. The van der Waals surface area contributed by atoms with Crippen LogP contribution in [0.2, 0.25) is 0 Å². The fraction of sp³-hybridized carbons (Fsp3) is 0.533. The Balaban J connectivity index is 2.48. The van der Waals surface area contributed by atoms with Crippen LogP contribution in [0.4, 0.5) is 11.4 Å². The average molecular weight is 263 g/mol. The predicted octanol–water partition coefficient (Wildman–Crippen LogP) is 2.72. The lowest BCUT2D eigenvalue weighted by Gasteiger charge is -2.23. The van der Waals surface area contributed by atoms with Crippen LogP contribution in [0.15, 0.2) is 24.3 Å². The van der Waals surface area contributed by atoms with E-state index >= 15 is 0 Å². The summed E-state index contributed by atoms with van der Waals surface area (Å²) in [6.07, 6.45) is 3.52. The molecule has 0 bridgehead atoms. The lowest BCUT2D eigenvalue weighted by molar-refractivity contribution is -0.120. The van der Waals surface area contributed by atoms with Crippen LogP contribution in [0.5, 0.6) is 0 Å². The molecule has 1 aromatic rings. The van der Waals surface area contributed by atoms with E-state index < -0.39 is 0 Å². The van der Waals surface area contributed by atoms with E-state index in [0.29, 0.717) is 5.69 Å². The number of nitrogens with one attached hydrogen (secondary N) is 1. The molecule has 1 atom stereocenters. The van der Waals surface area contributed by atoms with Gasteiger partial charge in [-0.05, 0) is 45.1 Å². The minimum atomic E-state index is -0.140. The SMILES string of the molecule is CCCCCN(C)C(C)C(=O)Nc1cccc(N)c1. The molecule has 0 fully saturated rings. The molecule has 1 amide bonds. The highest BCUT2D eigenvalue weighted by atomic mass is 16.2. The van der Waals surface area contributed by atoms with Crippen molar-refractivity contribution in [1.82, 2.24) is 4.90 Å². The molecular formula is C15H25N3O. The Kier molecular flexibility index (Phi) is 6.36. The largest absolute Gasteiger partial charge is 0.399 e. The third kappa shape index (κ3) is 5.30. The van der Waals surface area contributed by atoms with Gasteiger partial charge in [-0.1, -0.05) is 25.8 Å². The van der Waals surface area contributed by atoms with Gasteiger partial charge < -0.3 is 11.1 Å². The maximum absolute atomic E-state index is 12.1. The maximum Gasteiger partial charge on any atom is 0.241 e. The van der Waals surface area contributed by atoms with Gasteiger partial charge in [0, 0.05) is 11.4 Å². The van der Waals surface area contributed by atoms with Crippen LogP contribution in [0.1, 0.15) is 33.1 Å². The molecule has 0 spiro atoms. The number of rotatable bonds is 7. The molecule has 106 valence electrons. The molecule has 0 saturated carbocycles. The minimum Gasteiger partial charge on any atom is -0.399 e. The van der Waals surface area contributed by atoms with Gasteiger partial charge in [-0.2, -0.15) is 0 Å². The first-order valence-electron chi connectivity index (χ1n) is 6.91. The molecular weight excluding hydrogens is 238 g/mol. The van der Waals surface area contributed by atoms with Crippen LogP contribution in [0.25, 0.3) is 0 Å². The molecule has 0 aliphatic carbocycles. The summed E-state index contributed by atoms with van der Waals surface area (Å²) in [6, 6.07) is 7.11. The van der Waals surface area contributed by atoms with E-state index in [1.165, 1.54) is 12.8 Å². The highest BCUT2D eigenvalue weighted by Gasteiger charge is 2.17. The normalized spacial score (nSPS) is 12.4. The van der Waals surface area contributed by atoms with Gasteiger partial charge in [-0.15, -0.1) is 0 Å². The number of nitrogens with two attached hydrogens (primary N) is 1. The summed E-state index contributed by atoms with van der Waals surface area (Å²) in [7, 11) is 1.99. The topological polar surface area (TPSA) is 58.4 Å². The van der Waals surface area contributed by atoms with Crippen LogP contribution < -0.4 is 11.1 Å². The van der Waals surface area contributed by atoms with Crippen molar-refractivity contribution in [3.05, 3.63) is 24.3 Å². The van der Waals surface area contributed by atoms with Crippen LogP contribution in [-0.4, -0.2) is 30.4 Å². The molecule has 0 aromatic heterocycles. The Bertz CT molecular complexity index is 406. The first kappa shape index (κ1) is 15.5. The van der Waals surface area contributed by atoms with E-state index in [-0.39, 0.29) is 11.9 Å². The fourth-order valence-corrected chi connectivity index (χ4v) is 1.87. The number of carbonyl (C=O) groups excluding carboxylic acids is 1. The molecule has 4 heteroatoms. The van der Waals surface area contributed by atoms with E-state index in [1.807, 2.05) is 26.1 Å². The molecule has 1 unspecified atom stereocenters. The highest BCUT2D eigenvalue weighted by molar-refractivity contribution is 5.94. The van der Waals surface area contributed by atoms with Gasteiger partial charge in [0.2, 0.25) is 5.91 Å². The van der Waals surface area contributed by atoms with Crippen molar-refractivity contribution in [3.63, 3.8) is 0 Å². The van der Waals surface area contributed by atoms with Crippen LogP contribution in [0.3, 0.4) is 0 Å². The summed E-state index contributed by atoms with van der Waals surface area (Å²) < 4.78 is 0. The number of amides is 1. The molecule has 4 nitrogen and oxygen atoms in total. The van der Waals surface area contributed by atoms with Gasteiger partial charge in [0.05, 0.1) is 6.04 Å². The predicted molar refractivity (Wildman–Crippen MR) is 81.1 cm³/mol. The molecule has 0 saturated heterocycles. The molecule has 0 radical (unpaired) electrons. The number of hydrogen-bond acceptors (Lipinski definition) is 3. The minimum absolute atomic E-state index is 0.00426. The zero-order valence-electron chi connectivity index (χ0n) is 12.1. The number of anilines is 2. The summed E-state index contributed by atoms with van der Waals surface area (Å²) in [6.45, 7) is 5.04. The van der Waals surface area contributed by atoms with Gasteiger partial charge in [0.25, 0.3) is 0 Å². The molecule has 0 heterocycles. The average Bonchev–Trinajstić information content (AvgIpc) is 2.38. The van der Waals surface area contributed by atoms with E-state index in [4.69, 9.17) is 5.73 Å². The summed E-state index contributed by atoms with van der Waals surface area (Å²) in [4.78, 5) is 14.2. The molecule has 3 N–H and O–H groups in total. The summed E-state index contributed by atoms with van der Waals surface area (Å²) in [5.41, 5.74) is 7.09. The number of likely N-dealkylation sites (N-methyl/N-ethyl adjacent to an activating group) is 1. The second-order valence-electron chi connectivity index (χ2n) is 4.98. The quantitative estimate of drug-likeness (QED) is 0.587. The molecule has 0 aliphatic heterocycles. The smallest absolute Gasteiger partial charge is 0.241 e. The van der Waals surface area contributed by atoms with Crippen LogP contribution in [0, 0.1) is 0 Å². The number of hydrogen-bond donors (Lipinski definition) is 2. The number of benzene rings is 1. The van der Waals surface area contributed by atoms with Gasteiger partial charge in [-0.3, -0.25) is 9.69 Å². The molecule has 19 heavy (non-hydrogen) atoms. The Morgan fingerprint density at radius 3 is 2.79 bits per heavy atom. The highest BCUT2D eigenvalue weighted by Crippen LogP contribution is 2.13. The Labute approximate surface area is 116 Å². The fourth-order valence-electron chi connectivity index (χ4n) is 1.87. The second-order valence-corrected chi connectivity index (χ2v) is 4.98. The lowest BCUT2D eigenvalue weighted by atomic mass is 10.2. The van der Waals surface area contributed by atoms with Crippen LogP contribution in [-0.2, 0) is 4.79 Å². The number of nitrogens with zero attached hydrogens (tertiary/aromatic N) is 1. The van der Waals surface area contributed by atoms with Gasteiger partial charge in [-0.25, -0.2) is 0 Å². The van der Waals surface area contributed by atoms with Crippen molar-refractivity contribution in [2.45, 2.75) is 39.2 Å². The third-order valence-electron chi connectivity index (χ3n) is 3.31. The third-order valence-corrected chi connectivity index (χ3v) is 3.31. The van der Waals surface area contributed by atoms with Crippen molar-refractivity contribution < 1.29 is 4.79 Å². The second kappa shape index (κ2) is 7.79. The van der Waals surface area contributed by atoms with Crippen molar-refractivity contribution in [2.75, 3.05) is 24.6 Å². The molecule has 1 rings (SSSR count).